The molecule has 1 atom stereocenters. The standard InChI is InChI=1S/C47H48BN3/c1-32-26-27-35(47(6,7)8)29-42(32)50-33(2)49(38-23-17-18-34(28-38)46(3,4)5)45-31-43-40(30-44(45)50)48(36-19-11-9-12-20-36)39-24-15-16-25-41(39)51(43)37-21-13-10-14-22-37/h9-31,33H,1-8H3/t33-/m0/s1. The Balaban J connectivity index is 1.44. The molecule has 0 amide bonds. The molecule has 0 bridgehead atoms. The van der Waals surface area contributed by atoms with Crippen LogP contribution in [0.1, 0.15) is 65.2 Å². The van der Waals surface area contributed by atoms with E-state index in [2.05, 4.69) is 210 Å². The van der Waals surface area contributed by atoms with E-state index in [-0.39, 0.29) is 23.7 Å². The van der Waals surface area contributed by atoms with Gasteiger partial charge in [0, 0.05) is 28.4 Å². The van der Waals surface area contributed by atoms with Gasteiger partial charge in [0.05, 0.1) is 11.4 Å². The maximum absolute atomic E-state index is 2.60. The van der Waals surface area contributed by atoms with Crippen molar-refractivity contribution in [2.24, 2.45) is 0 Å². The van der Waals surface area contributed by atoms with Gasteiger partial charge in [0.1, 0.15) is 6.17 Å². The van der Waals surface area contributed by atoms with E-state index in [0.717, 1.165) is 5.69 Å². The van der Waals surface area contributed by atoms with Crippen molar-refractivity contribution in [3.05, 3.63) is 156 Å². The molecule has 6 aromatic rings. The van der Waals surface area contributed by atoms with Crippen LogP contribution in [-0.4, -0.2) is 12.9 Å². The van der Waals surface area contributed by atoms with Crippen LogP contribution in [-0.2, 0) is 10.8 Å². The Labute approximate surface area is 305 Å². The number of hydrogen-bond acceptors (Lipinski definition) is 3. The van der Waals surface area contributed by atoms with Gasteiger partial charge in [0.15, 0.2) is 0 Å². The first-order chi connectivity index (χ1) is 24.4. The van der Waals surface area contributed by atoms with Gasteiger partial charge in [0.2, 0.25) is 6.71 Å². The maximum Gasteiger partial charge on any atom is 0.246 e. The van der Waals surface area contributed by atoms with E-state index >= 15 is 0 Å². The van der Waals surface area contributed by atoms with Crippen LogP contribution in [0.5, 0.6) is 0 Å². The molecule has 2 aliphatic heterocycles. The molecule has 3 nitrogen and oxygen atoms in total. The number of anilines is 7. The van der Waals surface area contributed by atoms with Crippen molar-refractivity contribution in [2.45, 2.75) is 72.4 Å². The predicted octanol–water partition coefficient (Wildman–Crippen LogP) is 10.5. The third kappa shape index (κ3) is 5.62. The van der Waals surface area contributed by atoms with Gasteiger partial charge >= 0.3 is 0 Å². The highest BCUT2D eigenvalue weighted by molar-refractivity contribution is 6.98. The van der Waals surface area contributed by atoms with Gasteiger partial charge in [-0.15, -0.1) is 0 Å². The number of fused-ring (bicyclic) bond motifs is 3. The Bertz CT molecular complexity index is 2230. The molecule has 51 heavy (non-hydrogen) atoms. The first-order valence-corrected chi connectivity index (χ1v) is 18.4. The molecule has 0 saturated carbocycles. The first kappa shape index (κ1) is 33.0. The van der Waals surface area contributed by atoms with Gasteiger partial charge in [-0.3, -0.25) is 0 Å². The molecule has 4 heteroatoms. The largest absolute Gasteiger partial charge is 0.318 e. The molecule has 0 N–H and O–H groups in total. The van der Waals surface area contributed by atoms with Crippen LogP contribution in [0.4, 0.5) is 39.8 Å². The summed E-state index contributed by atoms with van der Waals surface area (Å²) in [6.45, 7) is 18.5. The zero-order valence-electron chi connectivity index (χ0n) is 31.3. The fraction of sp³-hybridized carbons (Fsp3) is 0.234. The van der Waals surface area contributed by atoms with E-state index in [1.807, 2.05) is 0 Å². The van der Waals surface area contributed by atoms with E-state index in [9.17, 15) is 0 Å². The fourth-order valence-electron chi connectivity index (χ4n) is 8.15. The van der Waals surface area contributed by atoms with Crippen LogP contribution in [0.25, 0.3) is 0 Å². The van der Waals surface area contributed by atoms with Crippen molar-refractivity contribution in [1.82, 2.24) is 0 Å². The minimum atomic E-state index is 0.0309. The van der Waals surface area contributed by atoms with Gasteiger partial charge < -0.3 is 14.7 Å². The molecule has 0 aliphatic carbocycles. The maximum atomic E-state index is 2.60. The Morgan fingerprint density at radius 1 is 0.471 bits per heavy atom. The fourth-order valence-corrected chi connectivity index (χ4v) is 8.15. The topological polar surface area (TPSA) is 9.72 Å². The monoisotopic (exact) mass is 665 g/mol. The SMILES string of the molecule is Cc1ccc(C(C)(C)C)cc1N1c2cc3c(cc2N(c2cccc(C(C)(C)C)c2)[C@@H]1C)N(c1ccccc1)c1ccccc1B3c1ccccc1. The molecule has 2 heterocycles. The lowest BCUT2D eigenvalue weighted by Gasteiger charge is -2.38. The summed E-state index contributed by atoms with van der Waals surface area (Å²) in [5.74, 6) is 0. The van der Waals surface area contributed by atoms with Crippen LogP contribution < -0.4 is 31.1 Å². The molecular weight excluding hydrogens is 617 g/mol. The Morgan fingerprint density at radius 3 is 1.78 bits per heavy atom. The Kier molecular flexibility index (Phi) is 7.90. The van der Waals surface area contributed by atoms with Crippen molar-refractivity contribution >= 4 is 62.9 Å². The summed E-state index contributed by atoms with van der Waals surface area (Å²) in [4.78, 5) is 7.64. The number of benzene rings is 6. The van der Waals surface area contributed by atoms with Crippen molar-refractivity contribution in [1.29, 1.82) is 0 Å². The molecule has 0 spiro atoms. The van der Waals surface area contributed by atoms with Gasteiger partial charge in [-0.25, -0.2) is 0 Å². The lowest BCUT2D eigenvalue weighted by molar-refractivity contribution is 0.589. The minimum absolute atomic E-state index is 0.0309. The van der Waals surface area contributed by atoms with Crippen molar-refractivity contribution in [2.75, 3.05) is 14.7 Å². The van der Waals surface area contributed by atoms with Crippen molar-refractivity contribution < 1.29 is 0 Å². The zero-order valence-corrected chi connectivity index (χ0v) is 31.3. The Morgan fingerprint density at radius 2 is 1.08 bits per heavy atom. The van der Waals surface area contributed by atoms with Crippen LogP contribution in [0.2, 0.25) is 0 Å². The van der Waals surface area contributed by atoms with Crippen LogP contribution in [0, 0.1) is 6.92 Å². The molecule has 6 aromatic carbocycles. The summed E-state index contributed by atoms with van der Waals surface area (Å²) in [5, 5.41) is 0. The van der Waals surface area contributed by atoms with Crippen LogP contribution in [0.3, 0.4) is 0 Å². The second kappa shape index (κ2) is 12.2. The molecule has 0 aromatic heterocycles. The normalized spacial score (nSPS) is 15.5. The molecular formula is C47H48BN3. The summed E-state index contributed by atoms with van der Waals surface area (Å²) in [6.07, 6.45) is 0.0377. The molecule has 0 saturated heterocycles. The summed E-state index contributed by atoms with van der Waals surface area (Å²) in [6, 6.07) is 52.1. The molecule has 8 rings (SSSR count). The highest BCUT2D eigenvalue weighted by Crippen LogP contribution is 2.51. The van der Waals surface area contributed by atoms with E-state index in [1.165, 1.54) is 67.2 Å². The molecule has 0 radical (unpaired) electrons. The molecule has 2 aliphatic rings. The average Bonchev–Trinajstić information content (AvgIpc) is 3.40. The number of para-hydroxylation sites is 2. The summed E-state index contributed by atoms with van der Waals surface area (Å²) >= 11 is 0. The highest BCUT2D eigenvalue weighted by atomic mass is 15.4. The van der Waals surface area contributed by atoms with Gasteiger partial charge in [-0.1, -0.05) is 138 Å². The number of aryl methyl sites for hydroxylation is 1. The van der Waals surface area contributed by atoms with Crippen molar-refractivity contribution in [3.63, 3.8) is 0 Å². The van der Waals surface area contributed by atoms with Gasteiger partial charge in [-0.2, -0.15) is 0 Å². The molecule has 0 fully saturated rings. The van der Waals surface area contributed by atoms with Crippen LogP contribution in [0.15, 0.2) is 140 Å². The highest BCUT2D eigenvalue weighted by Gasteiger charge is 2.42. The third-order valence-electron chi connectivity index (χ3n) is 10.9. The van der Waals surface area contributed by atoms with Gasteiger partial charge in [-0.05, 0) is 101 Å². The number of nitrogens with zero attached hydrogens (tertiary/aromatic N) is 3. The third-order valence-corrected chi connectivity index (χ3v) is 10.9. The van der Waals surface area contributed by atoms with Crippen molar-refractivity contribution in [3.8, 4) is 0 Å². The second-order valence-electron chi connectivity index (χ2n) is 16.4. The second-order valence-corrected chi connectivity index (χ2v) is 16.4. The van der Waals surface area contributed by atoms with E-state index in [0.29, 0.717) is 0 Å². The average molecular weight is 666 g/mol. The predicted molar refractivity (Wildman–Crippen MR) is 221 cm³/mol. The summed E-state index contributed by atoms with van der Waals surface area (Å²) < 4.78 is 0. The minimum Gasteiger partial charge on any atom is -0.318 e. The number of hydrogen-bond donors (Lipinski definition) is 0. The Hall–Kier alpha value is -5.22. The lowest BCUT2D eigenvalue weighted by atomic mass is 9.35. The molecule has 254 valence electrons. The zero-order chi connectivity index (χ0) is 35.7. The van der Waals surface area contributed by atoms with E-state index < -0.39 is 0 Å². The number of rotatable bonds is 4. The quantitative estimate of drug-likeness (QED) is 0.173. The first-order valence-electron chi connectivity index (χ1n) is 18.4. The lowest BCUT2D eigenvalue weighted by Crippen LogP contribution is -2.57. The molecule has 0 unspecified atom stereocenters. The van der Waals surface area contributed by atoms with Crippen LogP contribution >= 0.6 is 0 Å². The van der Waals surface area contributed by atoms with Gasteiger partial charge in [0.25, 0.3) is 0 Å². The summed E-state index contributed by atoms with van der Waals surface area (Å²) in [7, 11) is 0. The van der Waals surface area contributed by atoms with E-state index in [4.69, 9.17) is 0 Å². The summed E-state index contributed by atoms with van der Waals surface area (Å²) in [5.41, 5.74) is 16.5. The smallest absolute Gasteiger partial charge is 0.246 e. The van der Waals surface area contributed by atoms with E-state index in [1.54, 1.807) is 0 Å².